The monoisotopic (exact) mass is 763 g/mol. The topological polar surface area (TPSA) is 3.24 Å². The van der Waals surface area contributed by atoms with E-state index in [0.29, 0.717) is 0 Å². The van der Waals surface area contributed by atoms with Gasteiger partial charge in [0.05, 0.1) is 11.1 Å². The minimum Gasteiger partial charge on any atom is -0.310 e. The summed E-state index contributed by atoms with van der Waals surface area (Å²) in [5.41, 5.74) is 17.8. The fraction of sp³-hybridized carbons (Fsp3) is 0.0169. The van der Waals surface area contributed by atoms with Crippen LogP contribution < -0.4 is 4.90 Å². The van der Waals surface area contributed by atoms with E-state index in [-0.39, 0.29) is 0 Å². The van der Waals surface area contributed by atoms with Crippen molar-refractivity contribution in [3.8, 4) is 44.5 Å². The molecule has 0 saturated carbocycles. The van der Waals surface area contributed by atoms with Crippen LogP contribution >= 0.6 is 0 Å². The molecular formula is C59H41N. The van der Waals surface area contributed by atoms with Crippen molar-refractivity contribution in [1.82, 2.24) is 0 Å². The van der Waals surface area contributed by atoms with Crippen molar-refractivity contribution in [3.05, 3.63) is 271 Å². The first-order valence-corrected chi connectivity index (χ1v) is 20.8. The van der Waals surface area contributed by atoms with E-state index in [4.69, 9.17) is 0 Å². The lowest BCUT2D eigenvalue weighted by Gasteiger charge is -2.34. The summed E-state index contributed by atoms with van der Waals surface area (Å²) in [7, 11) is 0. The minimum absolute atomic E-state index is 0.444. The van der Waals surface area contributed by atoms with Crippen LogP contribution in [0.15, 0.2) is 249 Å². The van der Waals surface area contributed by atoms with Crippen LogP contribution in [0.5, 0.6) is 0 Å². The predicted octanol–water partition coefficient (Wildman–Crippen LogP) is 15.7. The van der Waals surface area contributed by atoms with Crippen LogP contribution in [0.3, 0.4) is 0 Å². The average molecular weight is 764 g/mol. The van der Waals surface area contributed by atoms with E-state index >= 15 is 0 Å². The molecule has 0 amide bonds. The van der Waals surface area contributed by atoms with Gasteiger partial charge in [-0.15, -0.1) is 0 Å². The summed E-state index contributed by atoms with van der Waals surface area (Å²) < 4.78 is 0. The molecule has 11 rings (SSSR count). The highest BCUT2D eigenvalue weighted by molar-refractivity contribution is 5.97. The quantitative estimate of drug-likeness (QED) is 0.149. The van der Waals surface area contributed by atoms with E-state index in [1.165, 1.54) is 77.5 Å². The van der Waals surface area contributed by atoms with E-state index in [2.05, 4.69) is 254 Å². The van der Waals surface area contributed by atoms with Crippen LogP contribution in [0.1, 0.15) is 22.3 Å². The van der Waals surface area contributed by atoms with E-state index < -0.39 is 5.41 Å². The SMILES string of the molecule is c1ccc(-c2ccc(-c3ccccc3N(c3ccc(-c4cccc5c4-c4ccccc4C5(c4ccccc4)c4ccccc4)cc3)c3ccc4ccccc4c3)cc2)cc1. The molecule has 0 saturated heterocycles. The number of nitrogens with zero attached hydrogens (tertiary/aromatic N) is 1. The van der Waals surface area contributed by atoms with Crippen molar-refractivity contribution in [3.63, 3.8) is 0 Å². The van der Waals surface area contributed by atoms with Crippen LogP contribution in [-0.4, -0.2) is 0 Å². The normalized spacial score (nSPS) is 12.5. The largest absolute Gasteiger partial charge is 0.310 e. The molecule has 0 fully saturated rings. The Morgan fingerprint density at radius 2 is 0.767 bits per heavy atom. The third kappa shape index (κ3) is 5.86. The molecule has 0 spiro atoms. The molecule has 1 nitrogen and oxygen atoms in total. The van der Waals surface area contributed by atoms with Crippen molar-refractivity contribution in [1.29, 1.82) is 0 Å². The zero-order valence-electron chi connectivity index (χ0n) is 33.1. The molecule has 10 aromatic carbocycles. The number of benzene rings is 10. The second-order valence-corrected chi connectivity index (χ2v) is 15.6. The number of fused-ring (bicyclic) bond motifs is 4. The molecule has 0 radical (unpaired) electrons. The number of hydrogen-bond donors (Lipinski definition) is 0. The number of anilines is 3. The smallest absolute Gasteiger partial charge is 0.0713 e. The molecule has 0 N–H and O–H groups in total. The molecule has 1 aliphatic rings. The van der Waals surface area contributed by atoms with Gasteiger partial charge in [0.15, 0.2) is 0 Å². The molecule has 1 aliphatic carbocycles. The van der Waals surface area contributed by atoms with Crippen molar-refractivity contribution >= 4 is 27.8 Å². The van der Waals surface area contributed by atoms with Gasteiger partial charge < -0.3 is 4.90 Å². The summed E-state index contributed by atoms with van der Waals surface area (Å²) in [6.45, 7) is 0. The summed E-state index contributed by atoms with van der Waals surface area (Å²) >= 11 is 0. The lowest BCUT2D eigenvalue weighted by molar-refractivity contribution is 0.768. The molecule has 0 atom stereocenters. The Labute approximate surface area is 352 Å². The van der Waals surface area contributed by atoms with Crippen LogP contribution in [0, 0.1) is 0 Å². The first-order valence-electron chi connectivity index (χ1n) is 20.8. The van der Waals surface area contributed by atoms with Gasteiger partial charge >= 0.3 is 0 Å². The maximum Gasteiger partial charge on any atom is 0.0713 e. The van der Waals surface area contributed by atoms with Crippen LogP contribution in [0.25, 0.3) is 55.3 Å². The lowest BCUT2D eigenvalue weighted by Crippen LogP contribution is -2.28. The fourth-order valence-electron chi connectivity index (χ4n) is 9.65. The second kappa shape index (κ2) is 14.9. The Morgan fingerprint density at radius 3 is 1.48 bits per heavy atom. The predicted molar refractivity (Wildman–Crippen MR) is 252 cm³/mol. The van der Waals surface area contributed by atoms with Crippen LogP contribution in [-0.2, 0) is 5.41 Å². The molecular weight excluding hydrogens is 723 g/mol. The van der Waals surface area contributed by atoms with E-state index in [0.717, 1.165) is 17.1 Å². The third-order valence-electron chi connectivity index (χ3n) is 12.4. The second-order valence-electron chi connectivity index (χ2n) is 15.6. The molecule has 0 bridgehead atoms. The van der Waals surface area contributed by atoms with Crippen molar-refractivity contribution in [2.45, 2.75) is 5.41 Å². The Balaban J connectivity index is 1.06. The molecule has 10 aromatic rings. The van der Waals surface area contributed by atoms with Gasteiger partial charge in [0.1, 0.15) is 0 Å². The minimum atomic E-state index is -0.444. The van der Waals surface area contributed by atoms with Gasteiger partial charge in [-0.25, -0.2) is 0 Å². The zero-order valence-corrected chi connectivity index (χ0v) is 33.1. The third-order valence-corrected chi connectivity index (χ3v) is 12.4. The molecule has 0 aliphatic heterocycles. The first-order chi connectivity index (χ1) is 29.8. The molecule has 0 heterocycles. The maximum atomic E-state index is 2.41. The summed E-state index contributed by atoms with van der Waals surface area (Å²) in [6.07, 6.45) is 0. The highest BCUT2D eigenvalue weighted by Crippen LogP contribution is 2.58. The standard InChI is InChI=1S/C59H41N/c1-4-17-42(18-5-1)44-31-33-45(34-32-44)52-25-13-15-30-57(52)60(51-40-35-43-19-10-11-20-47(43)41-51)50-38-36-46(37-39-50)53-27-16-29-56-58(53)54-26-12-14-28-55(54)59(56,48-21-6-2-7-22-48)49-23-8-3-9-24-49/h1-41H. The Kier molecular flexibility index (Phi) is 8.79. The zero-order chi connectivity index (χ0) is 39.9. The maximum absolute atomic E-state index is 2.41. The van der Waals surface area contributed by atoms with Gasteiger partial charge in [-0.3, -0.25) is 0 Å². The summed E-state index contributed by atoms with van der Waals surface area (Å²) in [6, 6.07) is 90.9. The summed E-state index contributed by atoms with van der Waals surface area (Å²) in [5.74, 6) is 0. The van der Waals surface area contributed by atoms with E-state index in [9.17, 15) is 0 Å². The molecule has 0 aromatic heterocycles. The van der Waals surface area contributed by atoms with Gasteiger partial charge in [0.2, 0.25) is 0 Å². The van der Waals surface area contributed by atoms with Gasteiger partial charge in [0, 0.05) is 16.9 Å². The lowest BCUT2D eigenvalue weighted by atomic mass is 9.67. The van der Waals surface area contributed by atoms with Crippen LogP contribution in [0.4, 0.5) is 17.1 Å². The average Bonchev–Trinajstić information content (AvgIpc) is 3.64. The van der Waals surface area contributed by atoms with E-state index in [1.807, 2.05) is 0 Å². The first kappa shape index (κ1) is 35.4. The van der Waals surface area contributed by atoms with Gasteiger partial charge in [0.25, 0.3) is 0 Å². The fourth-order valence-corrected chi connectivity index (χ4v) is 9.65. The van der Waals surface area contributed by atoms with Gasteiger partial charge in [-0.2, -0.15) is 0 Å². The van der Waals surface area contributed by atoms with Crippen molar-refractivity contribution in [2.75, 3.05) is 4.90 Å². The van der Waals surface area contributed by atoms with Crippen molar-refractivity contribution < 1.29 is 0 Å². The summed E-state index contributed by atoms with van der Waals surface area (Å²) in [5, 5.41) is 2.43. The Hall–Kier alpha value is -7.74. The highest BCUT2D eigenvalue weighted by atomic mass is 15.1. The Morgan fingerprint density at radius 1 is 0.283 bits per heavy atom. The summed E-state index contributed by atoms with van der Waals surface area (Å²) in [4.78, 5) is 2.41. The van der Waals surface area contributed by atoms with Gasteiger partial charge in [-0.1, -0.05) is 218 Å². The van der Waals surface area contributed by atoms with Crippen molar-refractivity contribution in [2.24, 2.45) is 0 Å². The molecule has 282 valence electrons. The Bertz CT molecular complexity index is 3070. The number of para-hydroxylation sites is 1. The molecule has 1 heteroatoms. The number of rotatable bonds is 8. The number of hydrogen-bond acceptors (Lipinski definition) is 1. The molecule has 0 unspecified atom stereocenters. The van der Waals surface area contributed by atoms with Crippen LogP contribution in [0.2, 0.25) is 0 Å². The van der Waals surface area contributed by atoms with Gasteiger partial charge in [-0.05, 0) is 102 Å². The highest BCUT2D eigenvalue weighted by Gasteiger charge is 2.46. The van der Waals surface area contributed by atoms with E-state index in [1.54, 1.807) is 0 Å². The molecule has 60 heavy (non-hydrogen) atoms.